The van der Waals surface area contributed by atoms with Crippen LogP contribution in [0.25, 0.3) is 0 Å². The van der Waals surface area contributed by atoms with Gasteiger partial charge < -0.3 is 5.11 Å². The average molecular weight is 295 g/mol. The molecule has 1 saturated carbocycles. The van der Waals surface area contributed by atoms with Crippen LogP contribution in [-0.4, -0.2) is 36.4 Å². The van der Waals surface area contributed by atoms with Crippen molar-refractivity contribution in [2.24, 2.45) is 5.92 Å². The number of carbonyl (C=O) groups is 1. The van der Waals surface area contributed by atoms with Gasteiger partial charge in [0.2, 0.25) is 10.0 Å². The molecule has 108 valence electrons. The SMILES string of the molecule is O=C(O)c1ccc(CS(=O)(=O)N2CC3CCC2C3)cc1. The fourth-order valence-corrected chi connectivity index (χ4v) is 5.12. The smallest absolute Gasteiger partial charge is 0.335 e. The number of benzene rings is 1. The van der Waals surface area contributed by atoms with E-state index in [1.807, 2.05) is 0 Å². The first-order valence-corrected chi connectivity index (χ1v) is 8.38. The third kappa shape index (κ3) is 2.45. The second kappa shape index (κ2) is 4.86. The summed E-state index contributed by atoms with van der Waals surface area (Å²) in [5.41, 5.74) is 0.809. The third-order valence-corrected chi connectivity index (χ3v) is 6.13. The molecule has 2 atom stereocenters. The van der Waals surface area contributed by atoms with E-state index in [4.69, 9.17) is 5.11 Å². The van der Waals surface area contributed by atoms with Gasteiger partial charge in [-0.15, -0.1) is 0 Å². The predicted octanol–water partition coefficient (Wildman–Crippen LogP) is 1.70. The second-order valence-electron chi connectivity index (χ2n) is 5.66. The van der Waals surface area contributed by atoms with Crippen molar-refractivity contribution >= 4 is 16.0 Å². The van der Waals surface area contributed by atoms with Crippen LogP contribution in [0.4, 0.5) is 0 Å². The summed E-state index contributed by atoms with van der Waals surface area (Å²) in [7, 11) is -3.29. The molecule has 1 aromatic carbocycles. The minimum Gasteiger partial charge on any atom is -0.478 e. The van der Waals surface area contributed by atoms with Gasteiger partial charge in [-0.25, -0.2) is 13.2 Å². The van der Waals surface area contributed by atoms with Gasteiger partial charge in [-0.2, -0.15) is 4.31 Å². The zero-order chi connectivity index (χ0) is 14.3. The Hall–Kier alpha value is -1.40. The lowest BCUT2D eigenvalue weighted by molar-refractivity contribution is 0.0697. The Morgan fingerprint density at radius 2 is 1.95 bits per heavy atom. The summed E-state index contributed by atoms with van der Waals surface area (Å²) in [4.78, 5) is 10.8. The van der Waals surface area contributed by atoms with Crippen LogP contribution in [0.2, 0.25) is 0 Å². The molecule has 1 aliphatic carbocycles. The number of piperidine rings is 1. The summed E-state index contributed by atoms with van der Waals surface area (Å²) in [6.07, 6.45) is 3.11. The van der Waals surface area contributed by atoms with E-state index in [9.17, 15) is 13.2 Å². The van der Waals surface area contributed by atoms with E-state index in [0.29, 0.717) is 18.0 Å². The standard InChI is InChI=1S/C14H17NO4S/c16-14(17)12-4-1-10(2-5-12)9-20(18,19)15-8-11-3-6-13(15)7-11/h1-2,4-5,11,13H,3,6-9H2,(H,16,17). The van der Waals surface area contributed by atoms with Gasteiger partial charge in [-0.05, 0) is 42.9 Å². The Morgan fingerprint density at radius 3 is 2.45 bits per heavy atom. The van der Waals surface area contributed by atoms with Gasteiger partial charge in [-0.3, -0.25) is 0 Å². The number of hydrogen-bond acceptors (Lipinski definition) is 3. The molecule has 3 rings (SSSR count). The Morgan fingerprint density at radius 1 is 1.25 bits per heavy atom. The molecule has 1 heterocycles. The first-order valence-electron chi connectivity index (χ1n) is 6.77. The Balaban J connectivity index is 1.75. The van der Waals surface area contributed by atoms with Crippen LogP contribution >= 0.6 is 0 Å². The van der Waals surface area contributed by atoms with Gasteiger partial charge in [0.1, 0.15) is 0 Å². The molecule has 0 radical (unpaired) electrons. The molecule has 1 aromatic rings. The second-order valence-corrected chi connectivity index (χ2v) is 7.58. The highest BCUT2D eigenvalue weighted by Crippen LogP contribution is 2.39. The molecule has 20 heavy (non-hydrogen) atoms. The average Bonchev–Trinajstić information content (AvgIpc) is 3.01. The molecule has 2 fully saturated rings. The van der Waals surface area contributed by atoms with Crippen LogP contribution in [0.15, 0.2) is 24.3 Å². The van der Waals surface area contributed by atoms with E-state index >= 15 is 0 Å². The zero-order valence-electron chi connectivity index (χ0n) is 11.0. The van der Waals surface area contributed by atoms with Crippen LogP contribution in [0, 0.1) is 5.92 Å². The fourth-order valence-electron chi connectivity index (χ4n) is 3.26. The van der Waals surface area contributed by atoms with Crippen LogP contribution in [-0.2, 0) is 15.8 Å². The molecule has 1 N–H and O–H groups in total. The summed E-state index contributed by atoms with van der Waals surface area (Å²) in [6.45, 7) is 0.653. The molecule has 0 aromatic heterocycles. The number of hydrogen-bond donors (Lipinski definition) is 1. The van der Waals surface area contributed by atoms with Crippen molar-refractivity contribution in [3.05, 3.63) is 35.4 Å². The molecule has 1 aliphatic heterocycles. The van der Waals surface area contributed by atoms with Gasteiger partial charge in [0.25, 0.3) is 0 Å². The van der Waals surface area contributed by atoms with Gasteiger partial charge in [0.05, 0.1) is 11.3 Å². The molecular weight excluding hydrogens is 278 g/mol. The number of nitrogens with zero attached hydrogens (tertiary/aromatic N) is 1. The molecule has 2 bridgehead atoms. The topological polar surface area (TPSA) is 74.7 Å². The predicted molar refractivity (Wildman–Crippen MR) is 73.9 cm³/mol. The normalized spacial score (nSPS) is 26.0. The van der Waals surface area contributed by atoms with Crippen molar-refractivity contribution < 1.29 is 18.3 Å². The van der Waals surface area contributed by atoms with Crippen molar-refractivity contribution in [3.8, 4) is 0 Å². The monoisotopic (exact) mass is 295 g/mol. The number of sulfonamides is 1. The summed E-state index contributed by atoms with van der Waals surface area (Å²) in [6, 6.07) is 6.24. The molecular formula is C14H17NO4S. The maximum absolute atomic E-state index is 12.4. The van der Waals surface area contributed by atoms with Crippen LogP contribution in [0.3, 0.4) is 0 Å². The van der Waals surface area contributed by atoms with E-state index in [2.05, 4.69) is 0 Å². The highest BCUT2D eigenvalue weighted by molar-refractivity contribution is 7.88. The summed E-state index contributed by atoms with van der Waals surface area (Å²) < 4.78 is 26.5. The molecule has 2 aliphatic rings. The molecule has 5 nitrogen and oxygen atoms in total. The van der Waals surface area contributed by atoms with Crippen LogP contribution < -0.4 is 0 Å². The Bertz CT molecular complexity index is 623. The molecule has 2 unspecified atom stereocenters. The number of fused-ring (bicyclic) bond motifs is 2. The lowest BCUT2D eigenvalue weighted by Crippen LogP contribution is -2.38. The first-order chi connectivity index (χ1) is 9.45. The van der Waals surface area contributed by atoms with Crippen molar-refractivity contribution in [1.29, 1.82) is 0 Å². The van der Waals surface area contributed by atoms with Gasteiger partial charge in [0.15, 0.2) is 0 Å². The number of rotatable bonds is 4. The van der Waals surface area contributed by atoms with Crippen molar-refractivity contribution in [2.45, 2.75) is 31.1 Å². The number of carboxylic acids is 1. The quantitative estimate of drug-likeness (QED) is 0.917. The summed E-state index contributed by atoms with van der Waals surface area (Å²) in [5.74, 6) is -0.517. The van der Waals surface area contributed by atoms with Crippen molar-refractivity contribution in [2.75, 3.05) is 6.54 Å². The Kier molecular flexibility index (Phi) is 3.30. The van der Waals surface area contributed by atoms with E-state index in [-0.39, 0.29) is 17.4 Å². The van der Waals surface area contributed by atoms with Gasteiger partial charge in [-0.1, -0.05) is 12.1 Å². The van der Waals surface area contributed by atoms with Crippen molar-refractivity contribution in [1.82, 2.24) is 4.31 Å². The van der Waals surface area contributed by atoms with Crippen LogP contribution in [0.5, 0.6) is 0 Å². The lowest BCUT2D eigenvalue weighted by Gasteiger charge is -2.26. The molecule has 0 amide bonds. The fraction of sp³-hybridized carbons (Fsp3) is 0.500. The minimum absolute atomic E-state index is 0.0455. The van der Waals surface area contributed by atoms with Gasteiger partial charge in [0, 0.05) is 12.6 Å². The van der Waals surface area contributed by atoms with Crippen molar-refractivity contribution in [3.63, 3.8) is 0 Å². The van der Waals surface area contributed by atoms with Gasteiger partial charge >= 0.3 is 5.97 Å². The third-order valence-electron chi connectivity index (χ3n) is 4.27. The van der Waals surface area contributed by atoms with E-state index in [1.165, 1.54) is 12.1 Å². The summed E-state index contributed by atoms with van der Waals surface area (Å²) >= 11 is 0. The lowest BCUT2D eigenvalue weighted by atomic mass is 10.1. The highest BCUT2D eigenvalue weighted by Gasteiger charge is 2.43. The van der Waals surface area contributed by atoms with E-state index < -0.39 is 16.0 Å². The highest BCUT2D eigenvalue weighted by atomic mass is 32.2. The maximum Gasteiger partial charge on any atom is 0.335 e. The largest absolute Gasteiger partial charge is 0.478 e. The number of aromatic carboxylic acids is 1. The van der Waals surface area contributed by atoms with Crippen LogP contribution in [0.1, 0.15) is 35.2 Å². The Labute approximate surface area is 118 Å². The maximum atomic E-state index is 12.4. The molecule has 1 saturated heterocycles. The van der Waals surface area contributed by atoms with E-state index in [1.54, 1.807) is 16.4 Å². The molecule has 6 heteroatoms. The number of carboxylic acid groups (broad SMARTS) is 1. The minimum atomic E-state index is -3.29. The summed E-state index contributed by atoms with van der Waals surface area (Å²) in [5, 5.41) is 8.83. The zero-order valence-corrected chi connectivity index (χ0v) is 11.8. The van der Waals surface area contributed by atoms with E-state index in [0.717, 1.165) is 19.3 Å². The first kappa shape index (κ1) is 13.6. The molecule has 0 spiro atoms.